The molecule has 0 saturated heterocycles. The number of halogens is 1. The van der Waals surface area contributed by atoms with Crippen LogP contribution in [-0.2, 0) is 0 Å². The predicted molar refractivity (Wildman–Crippen MR) is 119 cm³/mol. The number of Topliss-reactive ketones (excluding diaryl/α,β-unsaturated/α-hetero) is 1. The number of carbonyl (C=O) groups is 1. The summed E-state index contributed by atoms with van der Waals surface area (Å²) in [7, 11) is 0. The lowest BCUT2D eigenvalue weighted by atomic mass is 10.2. The van der Waals surface area contributed by atoms with Gasteiger partial charge < -0.3 is 4.57 Å². The van der Waals surface area contributed by atoms with Crippen molar-refractivity contribution in [2.45, 2.75) is 19.0 Å². The monoisotopic (exact) mass is 436 g/mol. The van der Waals surface area contributed by atoms with E-state index in [9.17, 15) is 9.18 Å². The number of aryl methyl sites for hydroxylation is 1. The topological polar surface area (TPSA) is 52.2 Å². The van der Waals surface area contributed by atoms with E-state index >= 15 is 0 Å². The molecule has 0 aliphatic heterocycles. The molecule has 8 heteroatoms. The zero-order chi connectivity index (χ0) is 20.8. The van der Waals surface area contributed by atoms with Gasteiger partial charge in [0.2, 0.25) is 4.96 Å². The van der Waals surface area contributed by atoms with Crippen LogP contribution in [0, 0.1) is 19.7 Å². The number of thioether (sulfide) groups is 1. The van der Waals surface area contributed by atoms with Gasteiger partial charge in [-0.05, 0) is 44.2 Å². The molecule has 0 N–H and O–H groups in total. The van der Waals surface area contributed by atoms with Crippen molar-refractivity contribution in [2.24, 2.45) is 0 Å². The lowest BCUT2D eigenvalue weighted by Gasteiger charge is -2.10. The Bertz CT molecular complexity index is 1420. The molecule has 0 aliphatic rings. The Morgan fingerprint density at radius 3 is 2.70 bits per heavy atom. The maximum absolute atomic E-state index is 14.3. The van der Waals surface area contributed by atoms with E-state index < -0.39 is 0 Å². The molecule has 0 aliphatic carbocycles. The summed E-state index contributed by atoms with van der Waals surface area (Å²) in [6.07, 6.45) is 0. The van der Waals surface area contributed by atoms with Crippen LogP contribution in [0.15, 0.2) is 59.8 Å². The minimum atomic E-state index is -0.317. The third kappa shape index (κ3) is 3.03. The number of hydrogen-bond donors (Lipinski definition) is 0. The van der Waals surface area contributed by atoms with E-state index in [1.54, 1.807) is 34.1 Å². The van der Waals surface area contributed by atoms with Crippen LogP contribution in [-0.4, -0.2) is 30.7 Å². The fraction of sp³-hybridized carbons (Fsp3) is 0.136. The molecule has 0 fully saturated rings. The van der Waals surface area contributed by atoms with Crippen LogP contribution in [0.1, 0.15) is 21.7 Å². The third-order valence-corrected chi connectivity index (χ3v) is 7.01. The minimum Gasteiger partial charge on any atom is -0.315 e. The smallest absolute Gasteiger partial charge is 0.217 e. The summed E-state index contributed by atoms with van der Waals surface area (Å²) in [6, 6.07) is 16.4. The highest BCUT2D eigenvalue weighted by atomic mass is 32.2. The number of carbonyl (C=O) groups excluding carboxylic acids is 1. The molecule has 3 aromatic heterocycles. The van der Waals surface area contributed by atoms with Crippen molar-refractivity contribution in [2.75, 3.05) is 5.75 Å². The zero-order valence-electron chi connectivity index (χ0n) is 16.3. The number of ketones is 1. The maximum atomic E-state index is 14.3. The van der Waals surface area contributed by atoms with Gasteiger partial charge in [0.1, 0.15) is 5.82 Å². The van der Waals surface area contributed by atoms with Gasteiger partial charge in [0.15, 0.2) is 10.9 Å². The lowest BCUT2D eigenvalue weighted by molar-refractivity contribution is 0.102. The molecule has 2 aromatic carbocycles. The first-order valence-electron chi connectivity index (χ1n) is 9.37. The number of hydrogen-bond acceptors (Lipinski definition) is 5. The van der Waals surface area contributed by atoms with Gasteiger partial charge in [0.05, 0.1) is 21.7 Å². The molecule has 30 heavy (non-hydrogen) atoms. The molecule has 5 aromatic rings. The summed E-state index contributed by atoms with van der Waals surface area (Å²) in [6.45, 7) is 3.72. The van der Waals surface area contributed by atoms with E-state index in [1.165, 1.54) is 17.8 Å². The van der Waals surface area contributed by atoms with Crippen molar-refractivity contribution in [3.05, 3.63) is 77.4 Å². The van der Waals surface area contributed by atoms with Gasteiger partial charge in [-0.2, -0.15) is 0 Å². The number of rotatable bonds is 5. The van der Waals surface area contributed by atoms with Gasteiger partial charge in [0, 0.05) is 17.0 Å². The van der Waals surface area contributed by atoms with E-state index in [-0.39, 0.29) is 17.4 Å². The number of fused-ring (bicyclic) bond motifs is 3. The molecule has 0 amide bonds. The fourth-order valence-corrected chi connectivity index (χ4v) is 5.56. The fourth-order valence-electron chi connectivity index (χ4n) is 3.71. The van der Waals surface area contributed by atoms with E-state index in [2.05, 4.69) is 10.2 Å². The lowest BCUT2D eigenvalue weighted by Crippen LogP contribution is -2.07. The summed E-state index contributed by atoms with van der Waals surface area (Å²) < 4.78 is 19.2. The molecule has 5 nitrogen and oxygen atoms in total. The Kier molecular flexibility index (Phi) is 4.67. The van der Waals surface area contributed by atoms with Crippen molar-refractivity contribution in [3.63, 3.8) is 0 Å². The second-order valence-electron chi connectivity index (χ2n) is 6.95. The van der Waals surface area contributed by atoms with Crippen molar-refractivity contribution in [1.29, 1.82) is 0 Å². The maximum Gasteiger partial charge on any atom is 0.217 e. The Morgan fingerprint density at radius 2 is 1.87 bits per heavy atom. The quantitative estimate of drug-likeness (QED) is 0.271. The van der Waals surface area contributed by atoms with Crippen LogP contribution in [0.3, 0.4) is 0 Å². The van der Waals surface area contributed by atoms with Crippen LogP contribution >= 0.6 is 23.1 Å². The van der Waals surface area contributed by atoms with Crippen molar-refractivity contribution in [1.82, 2.24) is 19.2 Å². The van der Waals surface area contributed by atoms with Crippen LogP contribution in [0.4, 0.5) is 4.39 Å². The van der Waals surface area contributed by atoms with Crippen LogP contribution < -0.4 is 0 Å². The summed E-state index contributed by atoms with van der Waals surface area (Å²) in [5.41, 5.74) is 3.63. The number of para-hydroxylation sites is 2. The Morgan fingerprint density at radius 1 is 1.10 bits per heavy atom. The zero-order valence-corrected chi connectivity index (χ0v) is 17.9. The molecule has 0 spiro atoms. The number of benzene rings is 2. The average molecular weight is 437 g/mol. The van der Waals surface area contributed by atoms with Gasteiger partial charge >= 0.3 is 0 Å². The van der Waals surface area contributed by atoms with E-state index in [4.69, 9.17) is 0 Å². The number of nitrogens with zero attached hydrogens (tertiary/aromatic N) is 4. The number of aromatic nitrogens is 4. The Hall–Kier alpha value is -2.97. The molecule has 3 heterocycles. The molecule has 0 bridgehead atoms. The van der Waals surface area contributed by atoms with Crippen molar-refractivity contribution in [3.8, 4) is 5.69 Å². The van der Waals surface area contributed by atoms with Crippen molar-refractivity contribution >= 4 is 44.1 Å². The first-order chi connectivity index (χ1) is 14.5. The highest BCUT2D eigenvalue weighted by Crippen LogP contribution is 2.30. The minimum absolute atomic E-state index is 0.0213. The van der Waals surface area contributed by atoms with Crippen LogP contribution in [0.25, 0.3) is 20.9 Å². The number of thiazole rings is 1. The molecule has 0 unspecified atom stereocenters. The largest absolute Gasteiger partial charge is 0.315 e. The summed E-state index contributed by atoms with van der Waals surface area (Å²) in [4.78, 5) is 13.8. The van der Waals surface area contributed by atoms with E-state index in [1.807, 2.05) is 48.6 Å². The second kappa shape index (κ2) is 7.37. The average Bonchev–Trinajstić information content (AvgIpc) is 3.39. The normalized spacial score (nSPS) is 11.6. The molecule has 0 atom stereocenters. The van der Waals surface area contributed by atoms with Crippen molar-refractivity contribution < 1.29 is 9.18 Å². The summed E-state index contributed by atoms with van der Waals surface area (Å²) in [5.74, 6) is -0.109. The Labute approximate surface area is 180 Å². The molecular formula is C22H17FN4OS2. The SMILES string of the molecule is Cc1cc(C(=O)CSc2nnc3sc4ccccc4n23)c(C)n1-c1ccccc1F. The van der Waals surface area contributed by atoms with Gasteiger partial charge in [-0.15, -0.1) is 10.2 Å². The first-order valence-corrected chi connectivity index (χ1v) is 11.2. The highest BCUT2D eigenvalue weighted by Gasteiger charge is 2.20. The molecule has 0 radical (unpaired) electrons. The van der Waals surface area contributed by atoms with Gasteiger partial charge in [-0.3, -0.25) is 9.20 Å². The van der Waals surface area contributed by atoms with Gasteiger partial charge in [-0.1, -0.05) is 47.4 Å². The van der Waals surface area contributed by atoms with E-state index in [0.717, 1.165) is 26.6 Å². The van der Waals surface area contributed by atoms with E-state index in [0.29, 0.717) is 16.4 Å². The second-order valence-corrected chi connectivity index (χ2v) is 8.91. The van der Waals surface area contributed by atoms with Gasteiger partial charge in [0.25, 0.3) is 0 Å². The summed E-state index contributed by atoms with van der Waals surface area (Å²) >= 11 is 2.94. The predicted octanol–water partition coefficient (Wildman–Crippen LogP) is 5.47. The molecule has 5 rings (SSSR count). The Balaban J connectivity index is 1.44. The van der Waals surface area contributed by atoms with Crippen LogP contribution in [0.2, 0.25) is 0 Å². The molecule has 150 valence electrons. The molecular weight excluding hydrogens is 419 g/mol. The van der Waals surface area contributed by atoms with Gasteiger partial charge in [-0.25, -0.2) is 4.39 Å². The molecule has 0 saturated carbocycles. The highest BCUT2D eigenvalue weighted by molar-refractivity contribution is 7.99. The third-order valence-electron chi connectivity index (χ3n) is 5.07. The first kappa shape index (κ1) is 19.0. The summed E-state index contributed by atoms with van der Waals surface area (Å²) in [5, 5.41) is 9.19. The standard InChI is InChI=1S/C22H17FN4OS2/c1-13-11-15(14(2)26(13)17-8-4-3-7-16(17)23)19(28)12-29-21-24-25-22-27(21)18-9-5-6-10-20(18)30-22/h3-11H,12H2,1-2H3. The van der Waals surface area contributed by atoms with Crippen LogP contribution in [0.5, 0.6) is 0 Å².